The lowest BCUT2D eigenvalue weighted by Gasteiger charge is -2.56. The molecule has 0 saturated carbocycles. The van der Waals surface area contributed by atoms with Gasteiger partial charge in [0.25, 0.3) is 0 Å². The molecule has 7 rings (SSSR count). The van der Waals surface area contributed by atoms with E-state index >= 15 is 0 Å². The summed E-state index contributed by atoms with van der Waals surface area (Å²) in [5, 5.41) is 0. The van der Waals surface area contributed by atoms with Crippen molar-refractivity contribution in [2.75, 3.05) is 19.1 Å². The van der Waals surface area contributed by atoms with E-state index in [1.807, 2.05) is 57.2 Å². The first-order valence-corrected chi connectivity index (χ1v) is 12.1. The molecule has 0 spiro atoms. The molecule has 3 aromatic carbocycles. The summed E-state index contributed by atoms with van der Waals surface area (Å²) in [6.07, 6.45) is -0.740. The maximum absolute atomic E-state index is 14.5. The van der Waals surface area contributed by atoms with Crippen molar-refractivity contribution in [1.82, 2.24) is 0 Å². The van der Waals surface area contributed by atoms with Crippen molar-refractivity contribution >= 4 is 17.5 Å². The minimum atomic E-state index is -0.940. The highest BCUT2D eigenvalue weighted by Gasteiger charge is 2.71. The van der Waals surface area contributed by atoms with Gasteiger partial charge in [-0.3, -0.25) is 9.59 Å². The second kappa shape index (κ2) is 7.61. The Morgan fingerprint density at radius 2 is 1.31 bits per heavy atom. The Hall–Kier alpha value is -3.28. The molecule has 178 valence electrons. The third kappa shape index (κ3) is 2.60. The van der Waals surface area contributed by atoms with E-state index in [0.717, 1.165) is 38.9 Å². The van der Waals surface area contributed by atoms with Crippen molar-refractivity contribution < 1.29 is 19.1 Å². The standard InChI is InChI=1S/C30H29NO4/c1-16-14-17(2)26(18(3)15-16)31-27(32)24-23-19-10-6-8-12-21(19)30(25(24)28(31)33,29(34-4)35-5)22-13-9-7-11-20(22)23/h6-15,23-25,29H,1-5H3/t23?,24-,25+,30?/m0/s1. The number of benzene rings is 3. The first kappa shape index (κ1) is 22.2. The molecule has 2 bridgehead atoms. The van der Waals surface area contributed by atoms with Crippen LogP contribution in [0.3, 0.4) is 0 Å². The maximum Gasteiger partial charge on any atom is 0.239 e. The highest BCUT2D eigenvalue weighted by Crippen LogP contribution is 2.66. The zero-order valence-corrected chi connectivity index (χ0v) is 20.7. The van der Waals surface area contributed by atoms with E-state index in [4.69, 9.17) is 9.47 Å². The van der Waals surface area contributed by atoms with Crippen LogP contribution in [-0.2, 0) is 24.5 Å². The van der Waals surface area contributed by atoms with Crippen LogP contribution in [0.4, 0.5) is 5.69 Å². The van der Waals surface area contributed by atoms with Crippen LogP contribution < -0.4 is 4.90 Å². The topological polar surface area (TPSA) is 55.8 Å². The van der Waals surface area contributed by atoms with Crippen molar-refractivity contribution in [3.63, 3.8) is 0 Å². The van der Waals surface area contributed by atoms with Crippen LogP contribution in [-0.4, -0.2) is 32.3 Å². The lowest BCUT2D eigenvalue weighted by Crippen LogP contribution is -2.60. The molecule has 0 aromatic heterocycles. The molecule has 2 amide bonds. The molecule has 5 heteroatoms. The normalized spacial score (nSPS) is 26.2. The average Bonchev–Trinajstić information content (AvgIpc) is 3.11. The molecule has 0 radical (unpaired) electrons. The third-order valence-corrected chi connectivity index (χ3v) is 8.34. The number of ether oxygens (including phenoxy) is 2. The van der Waals surface area contributed by atoms with Crippen LogP contribution >= 0.6 is 0 Å². The SMILES string of the molecule is COC(OC)C12c3ccccc3C(c3ccccc31)[C@@H]1C(=O)N(c3c(C)cc(C)cc3C)C(=O)[C@@H]12. The molecule has 0 unspecified atom stereocenters. The Balaban J connectivity index is 1.68. The van der Waals surface area contributed by atoms with Crippen molar-refractivity contribution in [2.45, 2.75) is 38.4 Å². The van der Waals surface area contributed by atoms with Crippen LogP contribution in [0.1, 0.15) is 44.9 Å². The summed E-state index contributed by atoms with van der Waals surface area (Å²) in [5.41, 5.74) is 6.90. The highest BCUT2D eigenvalue weighted by atomic mass is 16.7. The molecule has 4 aliphatic rings. The van der Waals surface area contributed by atoms with Gasteiger partial charge in [-0.15, -0.1) is 0 Å². The van der Waals surface area contributed by atoms with Crippen LogP contribution in [0.5, 0.6) is 0 Å². The third-order valence-electron chi connectivity index (χ3n) is 8.34. The number of aryl methyl sites for hydroxylation is 3. The molecule has 5 nitrogen and oxygen atoms in total. The maximum atomic E-state index is 14.5. The van der Waals surface area contributed by atoms with E-state index in [1.165, 1.54) is 4.90 Å². The van der Waals surface area contributed by atoms with Gasteiger partial charge in [-0.2, -0.15) is 0 Å². The number of amides is 2. The smallest absolute Gasteiger partial charge is 0.239 e. The first-order valence-electron chi connectivity index (χ1n) is 12.1. The zero-order valence-electron chi connectivity index (χ0n) is 20.7. The van der Waals surface area contributed by atoms with Gasteiger partial charge in [0.2, 0.25) is 11.8 Å². The van der Waals surface area contributed by atoms with Gasteiger partial charge < -0.3 is 9.47 Å². The van der Waals surface area contributed by atoms with Crippen LogP contribution in [0, 0.1) is 32.6 Å². The summed E-state index contributed by atoms with van der Waals surface area (Å²) in [6, 6.07) is 20.4. The molecule has 1 fully saturated rings. The fourth-order valence-electron chi connectivity index (χ4n) is 7.44. The Morgan fingerprint density at radius 3 is 1.83 bits per heavy atom. The quantitative estimate of drug-likeness (QED) is 0.409. The number of hydrogen-bond acceptors (Lipinski definition) is 4. The number of methoxy groups -OCH3 is 2. The van der Waals surface area contributed by atoms with Crippen molar-refractivity contribution in [1.29, 1.82) is 0 Å². The van der Waals surface area contributed by atoms with Crippen molar-refractivity contribution in [2.24, 2.45) is 11.8 Å². The van der Waals surface area contributed by atoms with Crippen LogP contribution in [0.15, 0.2) is 60.7 Å². The van der Waals surface area contributed by atoms with E-state index in [-0.39, 0.29) is 17.7 Å². The molecule has 1 aliphatic heterocycles. The van der Waals surface area contributed by atoms with Crippen molar-refractivity contribution in [3.8, 4) is 0 Å². The monoisotopic (exact) mass is 467 g/mol. The zero-order chi connectivity index (χ0) is 24.6. The van der Waals surface area contributed by atoms with Gasteiger partial charge in [0, 0.05) is 20.1 Å². The minimum Gasteiger partial charge on any atom is -0.355 e. The van der Waals surface area contributed by atoms with E-state index in [2.05, 4.69) is 24.3 Å². The van der Waals surface area contributed by atoms with Gasteiger partial charge in [-0.25, -0.2) is 4.90 Å². The van der Waals surface area contributed by atoms with Gasteiger partial charge in [0.1, 0.15) is 0 Å². The lowest BCUT2D eigenvalue weighted by atomic mass is 9.47. The summed E-state index contributed by atoms with van der Waals surface area (Å²) in [5.74, 6) is -1.67. The summed E-state index contributed by atoms with van der Waals surface area (Å²) in [6.45, 7) is 5.97. The van der Waals surface area contributed by atoms with Gasteiger partial charge in [-0.05, 0) is 54.2 Å². The minimum absolute atomic E-state index is 0.139. The number of carbonyl (C=O) groups is 2. The van der Waals surface area contributed by atoms with E-state index in [0.29, 0.717) is 5.69 Å². The predicted molar refractivity (Wildman–Crippen MR) is 133 cm³/mol. The Morgan fingerprint density at radius 1 is 0.800 bits per heavy atom. The van der Waals surface area contributed by atoms with Crippen LogP contribution in [0.25, 0.3) is 0 Å². The number of anilines is 1. The summed E-state index contributed by atoms with van der Waals surface area (Å²) in [7, 11) is 3.22. The number of carbonyl (C=O) groups excluding carboxylic acids is 2. The molecule has 3 aliphatic carbocycles. The summed E-state index contributed by atoms with van der Waals surface area (Å²) < 4.78 is 11.9. The van der Waals surface area contributed by atoms with E-state index in [1.54, 1.807) is 14.2 Å². The van der Waals surface area contributed by atoms with E-state index in [9.17, 15) is 9.59 Å². The fraction of sp³-hybridized carbons (Fsp3) is 0.333. The van der Waals surface area contributed by atoms with Crippen molar-refractivity contribution in [3.05, 3.63) is 99.6 Å². The molecular weight excluding hydrogens is 438 g/mol. The lowest BCUT2D eigenvalue weighted by molar-refractivity contribution is -0.168. The Labute approximate surface area is 205 Å². The van der Waals surface area contributed by atoms with Gasteiger partial charge in [0.05, 0.1) is 22.9 Å². The van der Waals surface area contributed by atoms with Crippen LogP contribution in [0.2, 0.25) is 0 Å². The number of imide groups is 1. The van der Waals surface area contributed by atoms with Gasteiger partial charge >= 0.3 is 0 Å². The van der Waals surface area contributed by atoms with E-state index < -0.39 is 23.5 Å². The number of rotatable bonds is 4. The molecule has 35 heavy (non-hydrogen) atoms. The number of hydrogen-bond donors (Lipinski definition) is 0. The number of nitrogens with zero attached hydrogens (tertiary/aromatic N) is 1. The molecule has 2 atom stereocenters. The molecule has 3 aromatic rings. The summed E-state index contributed by atoms with van der Waals surface area (Å²) in [4.78, 5) is 30.3. The first-order chi connectivity index (χ1) is 16.9. The molecule has 1 heterocycles. The second-order valence-electron chi connectivity index (χ2n) is 10.1. The Bertz CT molecular complexity index is 1320. The molecular formula is C30H29NO4. The molecule has 0 N–H and O–H groups in total. The predicted octanol–water partition coefficient (Wildman–Crippen LogP) is 4.78. The molecule has 1 saturated heterocycles. The fourth-order valence-corrected chi connectivity index (χ4v) is 7.44. The average molecular weight is 468 g/mol. The summed E-state index contributed by atoms with van der Waals surface area (Å²) >= 11 is 0. The highest BCUT2D eigenvalue weighted by molar-refractivity contribution is 6.24. The van der Waals surface area contributed by atoms with Gasteiger partial charge in [-0.1, -0.05) is 66.2 Å². The second-order valence-corrected chi connectivity index (χ2v) is 10.1. The largest absolute Gasteiger partial charge is 0.355 e. The Kier molecular flexibility index (Phi) is 4.83. The van der Waals surface area contributed by atoms with Gasteiger partial charge in [0.15, 0.2) is 6.29 Å².